The fraction of sp³-hybridized carbons (Fsp3) is 0.707. The lowest BCUT2D eigenvalue weighted by molar-refractivity contribution is -0.211. The van der Waals surface area contributed by atoms with Gasteiger partial charge in [0.25, 0.3) is 0 Å². The van der Waals surface area contributed by atoms with E-state index >= 15 is 0 Å². The molecule has 0 saturated heterocycles. The molecule has 7 heteroatoms. The molecule has 48 heavy (non-hydrogen) atoms. The van der Waals surface area contributed by atoms with Gasteiger partial charge in [0, 0.05) is 17.8 Å². The lowest BCUT2D eigenvalue weighted by atomic mass is 9.33. The molecule has 5 aliphatic rings. The van der Waals surface area contributed by atoms with Gasteiger partial charge < -0.3 is 14.6 Å². The van der Waals surface area contributed by atoms with E-state index in [9.17, 15) is 24.3 Å². The molecule has 0 bridgehead atoms. The van der Waals surface area contributed by atoms with Crippen molar-refractivity contribution < 1.29 is 33.8 Å². The van der Waals surface area contributed by atoms with Gasteiger partial charge in [0.15, 0.2) is 12.4 Å². The van der Waals surface area contributed by atoms with Crippen molar-refractivity contribution in [1.29, 1.82) is 0 Å². The number of ether oxygens (including phenoxy) is 2. The number of allylic oxidation sites excluding steroid dienone is 2. The Morgan fingerprint density at radius 2 is 1.54 bits per heavy atom. The van der Waals surface area contributed by atoms with Crippen LogP contribution in [0.2, 0.25) is 0 Å². The Balaban J connectivity index is 1.21. The van der Waals surface area contributed by atoms with Crippen molar-refractivity contribution in [1.82, 2.24) is 0 Å². The molecule has 0 amide bonds. The van der Waals surface area contributed by atoms with Crippen molar-refractivity contribution >= 4 is 23.5 Å². The summed E-state index contributed by atoms with van der Waals surface area (Å²) in [5.41, 5.74) is 0.411. The number of esters is 1. The van der Waals surface area contributed by atoms with E-state index in [0.29, 0.717) is 31.4 Å². The molecule has 4 saturated carbocycles. The Hall–Kier alpha value is -2.96. The molecule has 1 N–H and O–H groups in total. The van der Waals surface area contributed by atoms with Crippen LogP contribution in [0.3, 0.4) is 0 Å². The van der Waals surface area contributed by atoms with Crippen molar-refractivity contribution in [2.75, 3.05) is 6.61 Å². The van der Waals surface area contributed by atoms with Crippen molar-refractivity contribution in [3.63, 3.8) is 0 Å². The summed E-state index contributed by atoms with van der Waals surface area (Å²) in [5.74, 6) is -0.0824. The summed E-state index contributed by atoms with van der Waals surface area (Å²) in [6.07, 6.45) is 9.73. The predicted octanol–water partition coefficient (Wildman–Crippen LogP) is 8.17. The Labute approximate surface area is 286 Å². The van der Waals surface area contributed by atoms with Crippen LogP contribution in [0, 0.1) is 50.2 Å². The van der Waals surface area contributed by atoms with Gasteiger partial charge in [0.2, 0.25) is 0 Å². The Kier molecular flexibility index (Phi) is 8.40. The second-order valence-corrected chi connectivity index (χ2v) is 18.2. The molecule has 6 rings (SSSR count). The average molecular weight is 661 g/mol. The minimum Gasteiger partial charge on any atom is -0.482 e. The molecule has 4 fully saturated rings. The first-order chi connectivity index (χ1) is 22.3. The minimum absolute atomic E-state index is 0.0253. The molecule has 7 nitrogen and oxygen atoms in total. The Morgan fingerprint density at radius 1 is 0.875 bits per heavy atom. The molecule has 1 aromatic rings. The fourth-order valence-corrected chi connectivity index (χ4v) is 11.9. The molecule has 0 aromatic heterocycles. The molecule has 262 valence electrons. The fourth-order valence-electron chi connectivity index (χ4n) is 11.9. The highest BCUT2D eigenvalue weighted by Gasteiger charge is 2.70. The van der Waals surface area contributed by atoms with Gasteiger partial charge in [0.05, 0.1) is 5.41 Å². The van der Waals surface area contributed by atoms with Crippen LogP contribution in [0.5, 0.6) is 5.75 Å². The van der Waals surface area contributed by atoms with Gasteiger partial charge in [-0.1, -0.05) is 59.2 Å². The molecular weight excluding hydrogens is 604 g/mol. The van der Waals surface area contributed by atoms with Gasteiger partial charge in [-0.05, 0) is 129 Å². The highest BCUT2D eigenvalue weighted by molar-refractivity contribution is 5.95. The maximum absolute atomic E-state index is 14.6. The van der Waals surface area contributed by atoms with E-state index in [2.05, 4.69) is 41.5 Å². The molecular formula is C41H56O7. The molecule has 0 spiro atoms. The summed E-state index contributed by atoms with van der Waals surface area (Å²) in [6, 6.07) is 7.22. The normalized spacial score (nSPS) is 41.4. The number of Topliss-reactive ketones (excluding diaryl/α,β-unsaturated/α-hetero) is 1. The van der Waals surface area contributed by atoms with Crippen LogP contribution in [0.25, 0.3) is 0 Å². The number of rotatable bonds is 7. The second kappa shape index (κ2) is 11.6. The zero-order chi connectivity index (χ0) is 35.1. The standard InChI is InChI=1S/C41H56O7/c1-25(42)21-26-9-11-27(12-10-26)47-24-33(44)48-32-14-15-39(6)31(36(32,2)3)13-16-41(8)34(39)30(43)22-28-29-23-38(5,35(45)46)18-17-37(29,4)19-20-40(28,41)7/h9-12,22,29,31-32,34H,13-21,23-24H2,1-8H3,(H,45,46)/t29-,31-,32-,34+,37+,38-,39-,40+,41+/m0/s1. The lowest BCUT2D eigenvalue weighted by Gasteiger charge is -2.70. The smallest absolute Gasteiger partial charge is 0.344 e. The van der Waals surface area contributed by atoms with E-state index in [4.69, 9.17) is 9.47 Å². The number of fused-ring (bicyclic) bond motifs is 7. The number of carbonyl (C=O) groups excluding carboxylic acids is 3. The van der Waals surface area contributed by atoms with E-state index in [1.54, 1.807) is 19.1 Å². The molecule has 0 unspecified atom stereocenters. The zero-order valence-electron chi connectivity index (χ0n) is 30.4. The van der Waals surface area contributed by atoms with E-state index in [-0.39, 0.29) is 69.1 Å². The second-order valence-electron chi connectivity index (χ2n) is 18.2. The molecule has 1 aromatic carbocycles. The highest BCUT2D eigenvalue weighted by Crippen LogP contribution is 2.75. The topological polar surface area (TPSA) is 107 Å². The van der Waals surface area contributed by atoms with Crippen LogP contribution in [-0.4, -0.2) is 41.3 Å². The minimum atomic E-state index is -0.764. The van der Waals surface area contributed by atoms with Crippen LogP contribution in [0.15, 0.2) is 35.9 Å². The van der Waals surface area contributed by atoms with Crippen molar-refractivity contribution in [2.24, 2.45) is 50.2 Å². The lowest BCUT2D eigenvalue weighted by Crippen LogP contribution is -2.66. The average Bonchev–Trinajstić information content (AvgIpc) is 3.00. The largest absolute Gasteiger partial charge is 0.482 e. The molecule has 0 aliphatic heterocycles. The predicted molar refractivity (Wildman–Crippen MR) is 183 cm³/mol. The van der Waals surface area contributed by atoms with E-state index in [1.165, 1.54) is 5.57 Å². The maximum Gasteiger partial charge on any atom is 0.344 e. The number of hydrogen-bond donors (Lipinski definition) is 1. The van der Waals surface area contributed by atoms with Crippen molar-refractivity contribution in [2.45, 2.75) is 126 Å². The summed E-state index contributed by atoms with van der Waals surface area (Å²) in [4.78, 5) is 51.5. The first-order valence-electron chi connectivity index (χ1n) is 18.2. The molecule has 0 radical (unpaired) electrons. The third-order valence-corrected chi connectivity index (χ3v) is 15.0. The number of benzene rings is 1. The van der Waals surface area contributed by atoms with Gasteiger partial charge in [-0.3, -0.25) is 14.4 Å². The van der Waals surface area contributed by atoms with Crippen LogP contribution in [-0.2, 0) is 30.3 Å². The third-order valence-electron chi connectivity index (χ3n) is 15.0. The number of hydrogen-bond acceptors (Lipinski definition) is 6. The van der Waals surface area contributed by atoms with Gasteiger partial charge in [-0.2, -0.15) is 0 Å². The van der Waals surface area contributed by atoms with E-state index in [1.807, 2.05) is 25.1 Å². The van der Waals surface area contributed by atoms with Crippen LogP contribution < -0.4 is 4.74 Å². The van der Waals surface area contributed by atoms with Crippen LogP contribution in [0.4, 0.5) is 0 Å². The van der Waals surface area contributed by atoms with Gasteiger partial charge in [-0.25, -0.2) is 4.79 Å². The third kappa shape index (κ3) is 5.28. The quantitative estimate of drug-likeness (QED) is 0.294. The van der Waals surface area contributed by atoms with Gasteiger partial charge >= 0.3 is 11.9 Å². The molecule has 0 heterocycles. The van der Waals surface area contributed by atoms with Crippen molar-refractivity contribution in [3.8, 4) is 5.75 Å². The van der Waals surface area contributed by atoms with Gasteiger partial charge in [-0.15, -0.1) is 0 Å². The zero-order valence-corrected chi connectivity index (χ0v) is 30.4. The first-order valence-corrected chi connectivity index (χ1v) is 18.2. The summed E-state index contributed by atoms with van der Waals surface area (Å²) < 4.78 is 11.9. The van der Waals surface area contributed by atoms with E-state index < -0.39 is 17.4 Å². The Bertz CT molecular complexity index is 1540. The number of ketones is 2. The van der Waals surface area contributed by atoms with E-state index in [0.717, 1.165) is 44.1 Å². The number of carboxylic acid groups (broad SMARTS) is 1. The first kappa shape index (κ1) is 34.9. The van der Waals surface area contributed by atoms with Crippen LogP contribution in [0.1, 0.15) is 119 Å². The molecule has 5 aliphatic carbocycles. The summed E-state index contributed by atoms with van der Waals surface area (Å²) >= 11 is 0. The highest BCUT2D eigenvalue weighted by atomic mass is 16.6. The van der Waals surface area contributed by atoms with Crippen molar-refractivity contribution in [3.05, 3.63) is 41.5 Å². The summed E-state index contributed by atoms with van der Waals surface area (Å²) in [7, 11) is 0. The number of carboxylic acids is 1. The number of aliphatic carboxylic acids is 1. The summed E-state index contributed by atoms with van der Waals surface area (Å²) in [5, 5.41) is 10.2. The van der Waals surface area contributed by atoms with Crippen LogP contribution >= 0.6 is 0 Å². The monoisotopic (exact) mass is 660 g/mol. The maximum atomic E-state index is 14.6. The SMILES string of the molecule is CC(=O)Cc1ccc(OCC(=O)O[C@H]2CC[C@]3(C)[C@H]4C(=O)C=C5[C@@H]6C[C@@](C)(C(=O)O)CC[C@]6(C)CC[C@@]5(C)[C@]4(C)CC[C@H]3C2(C)C)cc1. The summed E-state index contributed by atoms with van der Waals surface area (Å²) in [6.45, 7) is 17.1. The number of carbonyl (C=O) groups is 4. The Morgan fingerprint density at radius 3 is 2.19 bits per heavy atom. The molecule has 9 atom stereocenters. The van der Waals surface area contributed by atoms with Gasteiger partial charge in [0.1, 0.15) is 17.6 Å².